The van der Waals surface area contributed by atoms with Crippen molar-refractivity contribution in [3.63, 3.8) is 0 Å². The van der Waals surface area contributed by atoms with E-state index in [1.165, 1.54) is 12.3 Å². The molecule has 0 spiro atoms. The molecule has 2 aromatic carbocycles. The molecule has 1 aliphatic rings. The lowest BCUT2D eigenvalue weighted by Crippen LogP contribution is -2.19. The van der Waals surface area contributed by atoms with Crippen molar-refractivity contribution in [2.45, 2.75) is 0 Å². The fourth-order valence-corrected chi connectivity index (χ4v) is 2.87. The van der Waals surface area contributed by atoms with Gasteiger partial charge in [-0.25, -0.2) is 0 Å². The number of ether oxygens (including phenoxy) is 3. The highest BCUT2D eigenvalue weighted by molar-refractivity contribution is 6.15. The Labute approximate surface area is 160 Å². The number of rotatable bonds is 5. The Kier molecular flexibility index (Phi) is 4.72. The minimum atomic E-state index is -0.467. The summed E-state index contributed by atoms with van der Waals surface area (Å²) in [6, 6.07) is 13.1. The molecule has 0 aliphatic carbocycles. The van der Waals surface area contributed by atoms with E-state index in [1.807, 2.05) is 0 Å². The van der Waals surface area contributed by atoms with Gasteiger partial charge < -0.3 is 23.9 Å². The van der Waals surface area contributed by atoms with Crippen LogP contribution in [-0.4, -0.2) is 32.0 Å². The van der Waals surface area contributed by atoms with Gasteiger partial charge in [0, 0.05) is 11.6 Å². The van der Waals surface area contributed by atoms with Crippen molar-refractivity contribution in [1.29, 1.82) is 0 Å². The number of fused-ring (bicyclic) bond motifs is 1. The first-order valence-corrected chi connectivity index (χ1v) is 8.63. The van der Waals surface area contributed by atoms with Crippen molar-refractivity contribution < 1.29 is 28.2 Å². The fraction of sp³-hybridized carbons (Fsp3) is 0.143. The van der Waals surface area contributed by atoms with Crippen LogP contribution >= 0.6 is 0 Å². The van der Waals surface area contributed by atoms with Gasteiger partial charge in [0.2, 0.25) is 0 Å². The van der Waals surface area contributed by atoms with Gasteiger partial charge in [0.05, 0.1) is 24.6 Å². The molecule has 0 atom stereocenters. The first-order valence-electron chi connectivity index (χ1n) is 8.63. The molecule has 2 heterocycles. The largest absolute Gasteiger partial charge is 0.497 e. The van der Waals surface area contributed by atoms with Gasteiger partial charge in [-0.3, -0.25) is 9.59 Å². The summed E-state index contributed by atoms with van der Waals surface area (Å²) in [4.78, 5) is 25.5. The van der Waals surface area contributed by atoms with E-state index in [4.69, 9.17) is 18.6 Å². The van der Waals surface area contributed by atoms with E-state index in [-0.39, 0.29) is 17.1 Å². The average molecular weight is 379 g/mol. The Bertz CT molecular complexity index is 1010. The van der Waals surface area contributed by atoms with Crippen molar-refractivity contribution in [3.8, 4) is 17.2 Å². The SMILES string of the molecule is COc1ccc(C(=O)c2cc3c(cc2NC(=O)c2ccco2)OCCO3)cc1. The van der Waals surface area contributed by atoms with Gasteiger partial charge in [-0.1, -0.05) is 0 Å². The molecule has 7 heteroatoms. The third-order valence-corrected chi connectivity index (χ3v) is 4.27. The van der Waals surface area contributed by atoms with Gasteiger partial charge in [-0.2, -0.15) is 0 Å². The third-order valence-electron chi connectivity index (χ3n) is 4.27. The van der Waals surface area contributed by atoms with E-state index in [2.05, 4.69) is 5.32 Å². The number of benzene rings is 2. The quantitative estimate of drug-likeness (QED) is 0.683. The van der Waals surface area contributed by atoms with Crippen molar-refractivity contribution in [2.75, 3.05) is 25.6 Å². The van der Waals surface area contributed by atoms with E-state index in [9.17, 15) is 9.59 Å². The number of hydrogen-bond donors (Lipinski definition) is 1. The minimum Gasteiger partial charge on any atom is -0.497 e. The number of anilines is 1. The molecule has 7 nitrogen and oxygen atoms in total. The van der Waals surface area contributed by atoms with Crippen LogP contribution in [-0.2, 0) is 0 Å². The molecule has 1 amide bonds. The number of furan rings is 1. The normalized spacial score (nSPS) is 12.3. The monoisotopic (exact) mass is 379 g/mol. The molecule has 0 saturated heterocycles. The first-order chi connectivity index (χ1) is 13.7. The van der Waals surface area contributed by atoms with Crippen LogP contribution in [0.15, 0.2) is 59.2 Å². The highest BCUT2D eigenvalue weighted by Gasteiger charge is 2.23. The summed E-state index contributed by atoms with van der Waals surface area (Å²) in [5, 5.41) is 2.72. The molecule has 0 fully saturated rings. The number of carbonyl (C=O) groups excluding carboxylic acids is 2. The number of nitrogens with one attached hydrogen (secondary N) is 1. The van der Waals surface area contributed by atoms with Crippen LogP contribution in [0.25, 0.3) is 0 Å². The van der Waals surface area contributed by atoms with E-state index in [1.54, 1.807) is 49.6 Å². The molecule has 1 aromatic heterocycles. The Morgan fingerprint density at radius 3 is 2.36 bits per heavy atom. The number of amides is 1. The van der Waals surface area contributed by atoms with Gasteiger partial charge in [0.25, 0.3) is 5.91 Å². The molecule has 142 valence electrons. The van der Waals surface area contributed by atoms with Gasteiger partial charge >= 0.3 is 0 Å². The van der Waals surface area contributed by atoms with Gasteiger partial charge in [-0.15, -0.1) is 0 Å². The van der Waals surface area contributed by atoms with Gasteiger partial charge in [0.1, 0.15) is 19.0 Å². The number of carbonyl (C=O) groups is 2. The topological polar surface area (TPSA) is 87.0 Å². The highest BCUT2D eigenvalue weighted by atomic mass is 16.6. The molecule has 0 radical (unpaired) electrons. The van der Waals surface area contributed by atoms with Crippen LogP contribution in [0.2, 0.25) is 0 Å². The summed E-state index contributed by atoms with van der Waals surface area (Å²) in [7, 11) is 1.56. The summed E-state index contributed by atoms with van der Waals surface area (Å²) in [5.74, 6) is 0.967. The zero-order valence-electron chi connectivity index (χ0n) is 15.1. The number of hydrogen-bond acceptors (Lipinski definition) is 6. The second-order valence-electron chi connectivity index (χ2n) is 6.03. The maximum atomic E-state index is 13.1. The molecule has 0 saturated carbocycles. The van der Waals surface area contributed by atoms with Crippen LogP contribution in [0.5, 0.6) is 17.2 Å². The summed E-state index contributed by atoms with van der Waals surface area (Å²) in [6.07, 6.45) is 1.40. The molecule has 0 unspecified atom stereocenters. The smallest absolute Gasteiger partial charge is 0.291 e. The second-order valence-corrected chi connectivity index (χ2v) is 6.03. The zero-order chi connectivity index (χ0) is 19.5. The number of methoxy groups -OCH3 is 1. The summed E-state index contributed by atoms with van der Waals surface area (Å²) < 4.78 is 21.4. The van der Waals surface area contributed by atoms with E-state index < -0.39 is 5.91 Å². The summed E-state index contributed by atoms with van der Waals surface area (Å²) in [5.41, 5.74) is 1.05. The second kappa shape index (κ2) is 7.48. The molecular formula is C21H17NO6. The lowest BCUT2D eigenvalue weighted by atomic mass is 10.0. The van der Waals surface area contributed by atoms with Crippen LogP contribution in [0, 0.1) is 0 Å². The third kappa shape index (κ3) is 3.42. The van der Waals surface area contributed by atoms with E-state index in [0.717, 1.165) is 0 Å². The van der Waals surface area contributed by atoms with Crippen LogP contribution in [0.3, 0.4) is 0 Å². The Morgan fingerprint density at radius 1 is 1.00 bits per heavy atom. The van der Waals surface area contributed by atoms with Crippen LogP contribution < -0.4 is 19.5 Å². The lowest BCUT2D eigenvalue weighted by molar-refractivity contribution is 0.0996. The molecule has 4 rings (SSSR count). The Hall–Kier alpha value is -3.74. The van der Waals surface area contributed by atoms with Gasteiger partial charge in [0.15, 0.2) is 23.0 Å². The molecule has 3 aromatic rings. The Morgan fingerprint density at radius 2 is 1.71 bits per heavy atom. The van der Waals surface area contributed by atoms with Gasteiger partial charge in [-0.05, 0) is 42.5 Å². The molecule has 28 heavy (non-hydrogen) atoms. The maximum Gasteiger partial charge on any atom is 0.291 e. The lowest BCUT2D eigenvalue weighted by Gasteiger charge is -2.21. The van der Waals surface area contributed by atoms with Crippen LogP contribution in [0.4, 0.5) is 5.69 Å². The highest BCUT2D eigenvalue weighted by Crippen LogP contribution is 2.37. The standard InChI is InChI=1S/C21H17NO6/c1-25-14-6-4-13(5-7-14)20(23)15-11-18-19(28-10-9-27-18)12-16(15)22-21(24)17-3-2-8-26-17/h2-8,11-12H,9-10H2,1H3,(H,22,24). The van der Waals surface area contributed by atoms with Crippen molar-refractivity contribution in [1.82, 2.24) is 0 Å². The number of ketones is 1. The van der Waals surface area contributed by atoms with Crippen LogP contribution in [0.1, 0.15) is 26.5 Å². The first kappa shape index (κ1) is 17.7. The fourth-order valence-electron chi connectivity index (χ4n) is 2.87. The minimum absolute atomic E-state index is 0.137. The van der Waals surface area contributed by atoms with E-state index in [0.29, 0.717) is 41.7 Å². The molecular weight excluding hydrogens is 362 g/mol. The Balaban J connectivity index is 1.73. The molecule has 0 bridgehead atoms. The van der Waals surface area contributed by atoms with Crippen molar-refractivity contribution in [3.05, 3.63) is 71.7 Å². The summed E-state index contributed by atoms with van der Waals surface area (Å²) in [6.45, 7) is 0.783. The molecule has 1 N–H and O–H groups in total. The predicted octanol–water partition coefficient (Wildman–Crippen LogP) is 3.54. The van der Waals surface area contributed by atoms with Crippen molar-refractivity contribution in [2.24, 2.45) is 0 Å². The molecule has 1 aliphatic heterocycles. The van der Waals surface area contributed by atoms with E-state index >= 15 is 0 Å². The average Bonchev–Trinajstić information content (AvgIpc) is 3.28. The zero-order valence-corrected chi connectivity index (χ0v) is 15.1. The predicted molar refractivity (Wildman–Crippen MR) is 101 cm³/mol. The van der Waals surface area contributed by atoms with Crippen molar-refractivity contribution >= 4 is 17.4 Å². The maximum absolute atomic E-state index is 13.1. The summed E-state index contributed by atoms with van der Waals surface area (Å²) >= 11 is 0.